The Balaban J connectivity index is 1.74. The lowest BCUT2D eigenvalue weighted by molar-refractivity contribution is -0.153. The van der Waals surface area contributed by atoms with Gasteiger partial charge in [0.1, 0.15) is 16.2 Å². The van der Waals surface area contributed by atoms with Crippen LogP contribution >= 0.6 is 11.6 Å². The molecular formula is C18H18ClF3N6O4S. The Bertz CT molecular complexity index is 1240. The molecule has 0 radical (unpaired) electrons. The van der Waals surface area contributed by atoms with Crippen LogP contribution in [-0.2, 0) is 10.0 Å². The second kappa shape index (κ2) is 9.02. The summed E-state index contributed by atoms with van der Waals surface area (Å²) in [6, 6.07) is 3.88. The molecule has 178 valence electrons. The Morgan fingerprint density at radius 2 is 2.09 bits per heavy atom. The van der Waals surface area contributed by atoms with E-state index < -0.39 is 34.1 Å². The average molecular weight is 507 g/mol. The fourth-order valence-electron chi connectivity index (χ4n) is 2.75. The molecular weight excluding hydrogens is 489 g/mol. The summed E-state index contributed by atoms with van der Waals surface area (Å²) < 4.78 is 70.9. The average Bonchev–Trinajstić information content (AvgIpc) is 3.33. The number of nitrogens with zero attached hydrogens (tertiary/aromatic N) is 4. The van der Waals surface area contributed by atoms with Crippen LogP contribution in [0.15, 0.2) is 40.0 Å². The summed E-state index contributed by atoms with van der Waals surface area (Å²) in [5.41, 5.74) is 5.22. The van der Waals surface area contributed by atoms with Gasteiger partial charge in [0.15, 0.2) is 5.82 Å². The third-order valence-electron chi connectivity index (χ3n) is 4.45. The Labute approximate surface area is 191 Å². The third kappa shape index (κ3) is 5.63. The maximum Gasteiger partial charge on any atom is 0.395 e. The van der Waals surface area contributed by atoms with Gasteiger partial charge in [0.05, 0.1) is 11.5 Å². The zero-order valence-corrected chi connectivity index (χ0v) is 18.7. The minimum Gasteiger partial charge on any atom is -0.473 e. The van der Waals surface area contributed by atoms with E-state index in [2.05, 4.69) is 15.1 Å². The first-order valence-corrected chi connectivity index (χ1v) is 11.1. The second-order valence-electron chi connectivity index (χ2n) is 7.02. The van der Waals surface area contributed by atoms with E-state index in [1.54, 1.807) is 0 Å². The number of carbonyl (C=O) groups is 1. The molecule has 33 heavy (non-hydrogen) atoms. The summed E-state index contributed by atoms with van der Waals surface area (Å²) >= 11 is 6.05. The van der Waals surface area contributed by atoms with Gasteiger partial charge >= 0.3 is 6.18 Å². The van der Waals surface area contributed by atoms with Crippen molar-refractivity contribution in [2.24, 2.45) is 16.6 Å². The number of hydrogen-bond acceptors (Lipinski definition) is 8. The van der Waals surface area contributed by atoms with E-state index in [-0.39, 0.29) is 39.4 Å². The molecule has 3 N–H and O–H groups in total. The molecule has 2 aromatic rings. The number of amides is 1. The molecule has 0 aromatic carbocycles. The number of rotatable bonds is 7. The third-order valence-corrected chi connectivity index (χ3v) is 6.20. The van der Waals surface area contributed by atoms with Crippen molar-refractivity contribution in [2.45, 2.75) is 25.6 Å². The van der Waals surface area contributed by atoms with Crippen LogP contribution in [0.2, 0.25) is 5.15 Å². The van der Waals surface area contributed by atoms with Gasteiger partial charge in [-0.1, -0.05) is 11.6 Å². The minimum atomic E-state index is -4.32. The summed E-state index contributed by atoms with van der Waals surface area (Å²) in [6.07, 6.45) is -3.09. The molecule has 1 aliphatic carbocycles. The van der Waals surface area contributed by atoms with Crippen molar-refractivity contribution in [2.75, 3.05) is 7.05 Å². The van der Waals surface area contributed by atoms with Crippen molar-refractivity contribution in [3.05, 3.63) is 45.7 Å². The van der Waals surface area contributed by atoms with Gasteiger partial charge in [-0.15, -0.1) is 5.10 Å². The van der Waals surface area contributed by atoms with Gasteiger partial charge in [0.25, 0.3) is 15.9 Å². The molecule has 1 amide bonds. The molecule has 0 bridgehead atoms. The van der Waals surface area contributed by atoms with Crippen LogP contribution in [0.5, 0.6) is 5.88 Å². The number of ether oxygens (including phenoxy) is 1. The van der Waals surface area contributed by atoms with Crippen LogP contribution in [-0.4, -0.2) is 54.6 Å². The van der Waals surface area contributed by atoms with Gasteiger partial charge < -0.3 is 10.5 Å². The Morgan fingerprint density at radius 1 is 1.39 bits per heavy atom. The molecule has 2 atom stereocenters. The Hall–Kier alpha value is -3.13. The van der Waals surface area contributed by atoms with Crippen LogP contribution in [0, 0.1) is 5.92 Å². The van der Waals surface area contributed by atoms with E-state index >= 15 is 0 Å². The van der Waals surface area contributed by atoms with Gasteiger partial charge in [-0.05, 0) is 25.5 Å². The normalized spacial score (nSPS) is 19.3. The highest BCUT2D eigenvalue weighted by molar-refractivity contribution is 7.94. The van der Waals surface area contributed by atoms with Gasteiger partial charge in [0.2, 0.25) is 5.88 Å². The monoisotopic (exact) mass is 506 g/mol. The van der Waals surface area contributed by atoms with Crippen molar-refractivity contribution in [3.8, 4) is 11.7 Å². The number of aromatic nitrogens is 3. The molecule has 2 aromatic heterocycles. The fourth-order valence-corrected chi connectivity index (χ4v) is 4.12. The lowest BCUT2D eigenvalue weighted by Crippen LogP contribution is -2.33. The fraction of sp³-hybridized carbons (Fsp3) is 0.333. The van der Waals surface area contributed by atoms with Crippen LogP contribution in [0.1, 0.15) is 23.7 Å². The summed E-state index contributed by atoms with van der Waals surface area (Å²) in [6.45, 7) is 1.33. The van der Waals surface area contributed by atoms with Crippen molar-refractivity contribution >= 4 is 33.7 Å². The zero-order chi connectivity index (χ0) is 24.6. The molecule has 2 heterocycles. The summed E-state index contributed by atoms with van der Waals surface area (Å²) in [5.74, 6) is -2.49. The predicted molar refractivity (Wildman–Crippen MR) is 113 cm³/mol. The van der Waals surface area contributed by atoms with Crippen LogP contribution in [0.3, 0.4) is 0 Å². The van der Waals surface area contributed by atoms with E-state index in [1.807, 2.05) is 4.72 Å². The van der Waals surface area contributed by atoms with Crippen molar-refractivity contribution in [1.82, 2.24) is 19.5 Å². The largest absolute Gasteiger partial charge is 0.473 e. The number of carbonyl (C=O) groups excluding carboxylic acids is 1. The number of allylic oxidation sites excluding steroid dienone is 2. The first kappa shape index (κ1) is 24.5. The molecule has 0 spiro atoms. The first-order valence-electron chi connectivity index (χ1n) is 9.25. The molecule has 10 nitrogen and oxygen atoms in total. The summed E-state index contributed by atoms with van der Waals surface area (Å²) in [7, 11) is -2.98. The molecule has 1 fully saturated rings. The molecule has 1 saturated carbocycles. The number of nitrogens with one attached hydrogen (secondary N) is 1. The molecule has 0 aliphatic heterocycles. The van der Waals surface area contributed by atoms with Gasteiger partial charge in [-0.2, -0.15) is 13.2 Å². The second-order valence-corrected chi connectivity index (χ2v) is 9.02. The molecule has 3 rings (SSSR count). The number of nitrogens with two attached hydrogens (primary N) is 1. The van der Waals surface area contributed by atoms with Crippen molar-refractivity contribution in [1.29, 1.82) is 0 Å². The van der Waals surface area contributed by atoms with E-state index in [1.165, 1.54) is 43.0 Å². The highest BCUT2D eigenvalue weighted by atomic mass is 35.5. The van der Waals surface area contributed by atoms with E-state index in [4.69, 9.17) is 22.1 Å². The number of halogens is 4. The minimum absolute atomic E-state index is 0.0355. The SMILES string of the molecule is CN=CC(=C(C)N)S(=O)(=O)NC(=O)c1ccc(-n2ccc(O[C@H]3C[C@H]3C(F)(F)F)n2)nc1Cl. The topological polar surface area (TPSA) is 142 Å². The number of alkyl halides is 3. The molecule has 15 heteroatoms. The lowest BCUT2D eigenvalue weighted by atomic mass is 10.3. The number of pyridine rings is 1. The van der Waals surface area contributed by atoms with Crippen LogP contribution in [0.25, 0.3) is 5.82 Å². The molecule has 0 unspecified atom stereocenters. The summed E-state index contributed by atoms with van der Waals surface area (Å²) in [5, 5.41) is 3.65. The molecule has 0 saturated heterocycles. The number of sulfonamides is 1. The highest BCUT2D eigenvalue weighted by Gasteiger charge is 2.58. The maximum absolute atomic E-state index is 12.6. The van der Waals surface area contributed by atoms with E-state index in [0.29, 0.717) is 0 Å². The molecule has 1 aliphatic rings. The summed E-state index contributed by atoms with van der Waals surface area (Å²) in [4.78, 5) is 19.6. The van der Waals surface area contributed by atoms with Crippen LogP contribution < -0.4 is 15.2 Å². The highest BCUT2D eigenvalue weighted by Crippen LogP contribution is 2.46. The maximum atomic E-state index is 12.6. The Kier molecular flexibility index (Phi) is 6.70. The first-order chi connectivity index (χ1) is 15.3. The van der Waals surface area contributed by atoms with Crippen LogP contribution in [0.4, 0.5) is 13.2 Å². The van der Waals surface area contributed by atoms with Gasteiger partial charge in [-0.3, -0.25) is 9.79 Å². The van der Waals surface area contributed by atoms with Gasteiger partial charge in [-0.25, -0.2) is 22.8 Å². The van der Waals surface area contributed by atoms with E-state index in [9.17, 15) is 26.4 Å². The standard InChI is InChI=1S/C18H18ClF3N6O4S/c1-9(23)13(8-24-2)33(30,31)27-17(29)10-3-4-14(25-16(10)19)28-6-5-15(26-28)32-12-7-11(12)18(20,21)22/h3-6,8,11-12H,7,23H2,1-2H3,(H,27,29)/t11-,12+/m1/s1. The number of hydrogen-bond donors (Lipinski definition) is 2. The quantitative estimate of drug-likeness (QED) is 0.433. The van der Waals surface area contributed by atoms with Crippen molar-refractivity contribution < 1.29 is 31.1 Å². The smallest absolute Gasteiger partial charge is 0.395 e. The predicted octanol–water partition coefficient (Wildman–Crippen LogP) is 2.20. The Morgan fingerprint density at radius 3 is 2.64 bits per heavy atom. The van der Waals surface area contributed by atoms with E-state index in [0.717, 1.165) is 6.21 Å². The number of aliphatic imine (C=N–C) groups is 1. The zero-order valence-electron chi connectivity index (χ0n) is 17.2. The lowest BCUT2D eigenvalue weighted by Gasteiger charge is -2.10. The van der Waals surface area contributed by atoms with Gasteiger partial charge in [0, 0.05) is 31.2 Å². The van der Waals surface area contributed by atoms with Crippen molar-refractivity contribution in [3.63, 3.8) is 0 Å².